The van der Waals surface area contributed by atoms with Crippen molar-refractivity contribution in [1.82, 2.24) is 5.32 Å². The Morgan fingerprint density at radius 1 is 1.28 bits per heavy atom. The highest BCUT2D eigenvalue weighted by molar-refractivity contribution is 7.90. The van der Waals surface area contributed by atoms with E-state index in [1.54, 1.807) is 12.1 Å². The molecule has 1 aromatic rings. The van der Waals surface area contributed by atoms with E-state index in [0.29, 0.717) is 0 Å². The average molecular weight is 273 g/mol. The first-order valence-corrected chi connectivity index (χ1v) is 8.07. The molecule has 0 aliphatic heterocycles. The second-order valence-electron chi connectivity index (χ2n) is 4.67. The predicted octanol–water partition coefficient (Wildman–Crippen LogP) is 2.30. The molecule has 102 valence electrons. The number of benzene rings is 1. The van der Waals surface area contributed by atoms with E-state index in [4.69, 9.17) is 0 Å². The molecule has 0 amide bonds. The van der Waals surface area contributed by atoms with Gasteiger partial charge in [0.05, 0.1) is 5.75 Å². The van der Waals surface area contributed by atoms with E-state index in [1.165, 1.54) is 18.4 Å². The summed E-state index contributed by atoms with van der Waals surface area (Å²) in [4.78, 5) is 0. The zero-order valence-electron chi connectivity index (χ0n) is 11.0. The lowest BCUT2D eigenvalue weighted by Gasteiger charge is -2.22. The molecule has 0 aromatic heterocycles. The lowest BCUT2D eigenvalue weighted by atomic mass is 10.0. The maximum Gasteiger partial charge on any atom is 0.148 e. The first kappa shape index (κ1) is 15.1. The van der Waals surface area contributed by atoms with E-state index in [2.05, 4.69) is 5.32 Å². The van der Waals surface area contributed by atoms with Gasteiger partial charge in [-0.2, -0.15) is 0 Å². The van der Waals surface area contributed by atoms with Crippen LogP contribution in [0.3, 0.4) is 0 Å². The molecule has 0 bridgehead atoms. The summed E-state index contributed by atoms with van der Waals surface area (Å²) in [5, 5.41) is 3.26. The van der Waals surface area contributed by atoms with Gasteiger partial charge in [-0.1, -0.05) is 19.1 Å². The van der Waals surface area contributed by atoms with Crippen molar-refractivity contribution in [3.05, 3.63) is 35.6 Å². The van der Waals surface area contributed by atoms with Crippen LogP contribution in [0.4, 0.5) is 4.39 Å². The molecule has 0 heterocycles. The Bertz CT molecular complexity index is 470. The number of sulfone groups is 1. The minimum atomic E-state index is -2.99. The van der Waals surface area contributed by atoms with Crippen LogP contribution in [0.25, 0.3) is 0 Å². The summed E-state index contributed by atoms with van der Waals surface area (Å²) in [6, 6.07) is 6.20. The largest absolute Gasteiger partial charge is 0.306 e. The third-order valence-electron chi connectivity index (χ3n) is 2.72. The molecule has 0 spiro atoms. The smallest absolute Gasteiger partial charge is 0.148 e. The van der Waals surface area contributed by atoms with Gasteiger partial charge in [0, 0.05) is 18.3 Å². The standard InChI is InChI=1S/C13H20FNO2S/c1-4-13(11-5-7-12(14)8-6-11)15-10(2)9-18(3,16)17/h5-8,10,13,15H,4,9H2,1-3H3. The van der Waals surface area contributed by atoms with Crippen LogP contribution in [0, 0.1) is 5.82 Å². The highest BCUT2D eigenvalue weighted by Gasteiger charge is 2.15. The zero-order valence-corrected chi connectivity index (χ0v) is 11.8. The van der Waals surface area contributed by atoms with Gasteiger partial charge < -0.3 is 5.32 Å². The normalized spacial score (nSPS) is 15.3. The van der Waals surface area contributed by atoms with Gasteiger partial charge in [0.25, 0.3) is 0 Å². The molecule has 2 unspecified atom stereocenters. The van der Waals surface area contributed by atoms with Gasteiger partial charge >= 0.3 is 0 Å². The molecule has 0 saturated carbocycles. The van der Waals surface area contributed by atoms with Gasteiger partial charge in [-0.05, 0) is 31.0 Å². The molecule has 0 fully saturated rings. The van der Waals surface area contributed by atoms with Crippen molar-refractivity contribution >= 4 is 9.84 Å². The highest BCUT2D eigenvalue weighted by Crippen LogP contribution is 2.17. The van der Waals surface area contributed by atoms with Crippen molar-refractivity contribution in [2.45, 2.75) is 32.4 Å². The summed E-state index contributed by atoms with van der Waals surface area (Å²) < 4.78 is 35.2. The first-order valence-electron chi connectivity index (χ1n) is 6.01. The third-order valence-corrected chi connectivity index (χ3v) is 3.82. The maximum atomic E-state index is 12.8. The topological polar surface area (TPSA) is 46.2 Å². The Labute approximate surface area is 108 Å². The SMILES string of the molecule is CCC(NC(C)CS(C)(=O)=O)c1ccc(F)cc1. The van der Waals surface area contributed by atoms with Gasteiger partial charge in [-0.25, -0.2) is 12.8 Å². The zero-order chi connectivity index (χ0) is 13.8. The van der Waals surface area contributed by atoms with Crippen LogP contribution < -0.4 is 5.32 Å². The van der Waals surface area contributed by atoms with Crippen molar-refractivity contribution in [2.75, 3.05) is 12.0 Å². The molecule has 1 N–H and O–H groups in total. The van der Waals surface area contributed by atoms with E-state index < -0.39 is 9.84 Å². The Balaban J connectivity index is 2.70. The Morgan fingerprint density at radius 3 is 2.28 bits per heavy atom. The Morgan fingerprint density at radius 2 is 1.83 bits per heavy atom. The molecule has 1 rings (SSSR count). The molecule has 1 aromatic carbocycles. The Kier molecular flexibility index (Phi) is 5.28. The lowest BCUT2D eigenvalue weighted by Crippen LogP contribution is -2.35. The number of hydrogen-bond donors (Lipinski definition) is 1. The van der Waals surface area contributed by atoms with E-state index in [-0.39, 0.29) is 23.7 Å². The van der Waals surface area contributed by atoms with E-state index >= 15 is 0 Å². The molecule has 18 heavy (non-hydrogen) atoms. The molecule has 0 saturated heterocycles. The van der Waals surface area contributed by atoms with Crippen LogP contribution >= 0.6 is 0 Å². The van der Waals surface area contributed by atoms with Gasteiger partial charge in [-0.3, -0.25) is 0 Å². The molecule has 0 aliphatic carbocycles. The van der Waals surface area contributed by atoms with E-state index in [9.17, 15) is 12.8 Å². The lowest BCUT2D eigenvalue weighted by molar-refractivity contribution is 0.463. The van der Waals surface area contributed by atoms with Crippen molar-refractivity contribution in [3.63, 3.8) is 0 Å². The van der Waals surface area contributed by atoms with Crippen molar-refractivity contribution in [2.24, 2.45) is 0 Å². The summed E-state index contributed by atoms with van der Waals surface area (Å²) in [6.07, 6.45) is 2.05. The van der Waals surface area contributed by atoms with Crippen molar-refractivity contribution in [3.8, 4) is 0 Å². The number of hydrogen-bond acceptors (Lipinski definition) is 3. The monoisotopic (exact) mass is 273 g/mol. The number of halogens is 1. The minimum absolute atomic E-state index is 0.0438. The van der Waals surface area contributed by atoms with E-state index in [1.807, 2.05) is 13.8 Å². The highest BCUT2D eigenvalue weighted by atomic mass is 32.2. The van der Waals surface area contributed by atoms with Crippen LogP contribution in [0.2, 0.25) is 0 Å². The van der Waals surface area contributed by atoms with Crippen molar-refractivity contribution < 1.29 is 12.8 Å². The van der Waals surface area contributed by atoms with Crippen LogP contribution in [0.1, 0.15) is 31.9 Å². The molecule has 2 atom stereocenters. The van der Waals surface area contributed by atoms with Crippen molar-refractivity contribution in [1.29, 1.82) is 0 Å². The molecule has 0 aliphatic rings. The van der Waals surface area contributed by atoms with Gasteiger partial charge in [-0.15, -0.1) is 0 Å². The van der Waals surface area contributed by atoms with E-state index in [0.717, 1.165) is 12.0 Å². The van der Waals surface area contributed by atoms with Gasteiger partial charge in [0.1, 0.15) is 15.7 Å². The number of rotatable bonds is 6. The first-order chi connectivity index (χ1) is 8.31. The fraction of sp³-hybridized carbons (Fsp3) is 0.538. The second-order valence-corrected chi connectivity index (χ2v) is 6.86. The predicted molar refractivity (Wildman–Crippen MR) is 71.7 cm³/mol. The second kappa shape index (κ2) is 6.29. The summed E-state index contributed by atoms with van der Waals surface area (Å²) in [5.41, 5.74) is 0.972. The van der Waals surface area contributed by atoms with Crippen LogP contribution in [-0.4, -0.2) is 26.5 Å². The molecule has 5 heteroatoms. The minimum Gasteiger partial charge on any atom is -0.306 e. The molecular formula is C13H20FNO2S. The summed E-state index contributed by atoms with van der Waals surface area (Å²) in [6.45, 7) is 3.85. The van der Waals surface area contributed by atoms with Crippen LogP contribution in [0.15, 0.2) is 24.3 Å². The van der Waals surface area contributed by atoms with Gasteiger partial charge in [0.2, 0.25) is 0 Å². The third kappa shape index (κ3) is 5.14. The average Bonchev–Trinajstić information content (AvgIpc) is 2.25. The van der Waals surface area contributed by atoms with Gasteiger partial charge in [0.15, 0.2) is 0 Å². The summed E-state index contributed by atoms with van der Waals surface area (Å²) >= 11 is 0. The molecular weight excluding hydrogens is 253 g/mol. The molecule has 3 nitrogen and oxygen atoms in total. The quantitative estimate of drug-likeness (QED) is 0.865. The maximum absolute atomic E-state index is 12.8. The van der Waals surface area contributed by atoms with Crippen LogP contribution in [0.5, 0.6) is 0 Å². The molecule has 0 radical (unpaired) electrons. The fourth-order valence-electron chi connectivity index (χ4n) is 1.99. The fourth-order valence-corrected chi connectivity index (χ4v) is 3.00. The Hall–Kier alpha value is -0.940. The number of nitrogens with one attached hydrogen (secondary N) is 1. The summed E-state index contributed by atoms with van der Waals surface area (Å²) in [7, 11) is -2.99. The summed E-state index contributed by atoms with van der Waals surface area (Å²) in [5.74, 6) is -0.164. The van der Waals surface area contributed by atoms with Crippen LogP contribution in [-0.2, 0) is 9.84 Å².